The summed E-state index contributed by atoms with van der Waals surface area (Å²) in [6.45, 7) is 9.43. The van der Waals surface area contributed by atoms with Gasteiger partial charge in [-0.25, -0.2) is 4.99 Å². The highest BCUT2D eigenvalue weighted by atomic mass is 16.5. The third kappa shape index (κ3) is 7.26. The van der Waals surface area contributed by atoms with Crippen LogP contribution in [0.25, 0.3) is 0 Å². The fourth-order valence-electron chi connectivity index (χ4n) is 2.04. The third-order valence-corrected chi connectivity index (χ3v) is 3.28. The van der Waals surface area contributed by atoms with E-state index in [2.05, 4.69) is 36.4 Å². The summed E-state index contributed by atoms with van der Waals surface area (Å²) in [5.41, 5.74) is 1.10. The van der Waals surface area contributed by atoms with E-state index in [-0.39, 0.29) is 0 Å². The maximum absolute atomic E-state index is 5.68. The molecule has 1 aromatic carbocycles. The summed E-state index contributed by atoms with van der Waals surface area (Å²) in [6, 6.07) is 5.98. The predicted molar refractivity (Wildman–Crippen MR) is 96.5 cm³/mol. The van der Waals surface area contributed by atoms with Gasteiger partial charge in [0.25, 0.3) is 0 Å². The Labute approximate surface area is 140 Å². The lowest BCUT2D eigenvalue weighted by Gasteiger charge is -2.12. The molecule has 0 radical (unpaired) electrons. The van der Waals surface area contributed by atoms with Crippen LogP contribution in [-0.2, 0) is 6.54 Å². The molecule has 0 unspecified atom stereocenters. The molecule has 0 saturated heterocycles. The Morgan fingerprint density at radius 1 is 1.09 bits per heavy atom. The molecular weight excluding hydrogens is 290 g/mol. The lowest BCUT2D eigenvalue weighted by Crippen LogP contribution is -2.37. The minimum absolute atomic E-state index is 0.603. The van der Waals surface area contributed by atoms with Crippen molar-refractivity contribution in [2.24, 2.45) is 4.99 Å². The number of benzene rings is 1. The quantitative estimate of drug-likeness (QED) is 0.394. The van der Waals surface area contributed by atoms with Crippen molar-refractivity contribution < 1.29 is 9.47 Å². The van der Waals surface area contributed by atoms with Gasteiger partial charge in [0.15, 0.2) is 17.5 Å². The molecule has 0 aromatic heterocycles. The summed E-state index contributed by atoms with van der Waals surface area (Å²) in [5, 5.41) is 6.61. The zero-order chi connectivity index (χ0) is 16.9. The van der Waals surface area contributed by atoms with Crippen LogP contribution in [0, 0.1) is 0 Å². The smallest absolute Gasteiger partial charge is 0.191 e. The second-order valence-electron chi connectivity index (χ2n) is 5.31. The highest BCUT2D eigenvalue weighted by molar-refractivity contribution is 5.79. The fourth-order valence-corrected chi connectivity index (χ4v) is 2.04. The standard InChI is InChI=1S/C18H31N3O2/c1-5-8-11-20-18(19-7-3)21-14-15-9-10-16(23-12-6-2)17(13-15)22-4/h9-10,13H,5-8,11-12,14H2,1-4H3,(H2,19,20,21). The Balaban J connectivity index is 2.71. The molecule has 2 N–H and O–H groups in total. The zero-order valence-corrected chi connectivity index (χ0v) is 14.9. The number of rotatable bonds is 10. The summed E-state index contributed by atoms with van der Waals surface area (Å²) in [5.74, 6) is 2.40. The number of hydrogen-bond acceptors (Lipinski definition) is 3. The number of aliphatic imine (C=N–C) groups is 1. The molecule has 5 nitrogen and oxygen atoms in total. The first-order chi connectivity index (χ1) is 11.2. The molecule has 0 aliphatic heterocycles. The molecule has 23 heavy (non-hydrogen) atoms. The highest BCUT2D eigenvalue weighted by Gasteiger charge is 2.06. The SMILES string of the molecule is CCCCNC(=NCc1ccc(OCCC)c(OC)c1)NCC. The second-order valence-corrected chi connectivity index (χ2v) is 5.31. The fraction of sp³-hybridized carbons (Fsp3) is 0.611. The van der Waals surface area contributed by atoms with Crippen molar-refractivity contribution in [2.45, 2.75) is 46.6 Å². The Kier molecular flexibility index (Phi) is 9.68. The number of hydrogen-bond donors (Lipinski definition) is 2. The van der Waals surface area contributed by atoms with Gasteiger partial charge in [-0.1, -0.05) is 26.3 Å². The normalized spacial score (nSPS) is 11.2. The van der Waals surface area contributed by atoms with Crippen LogP contribution in [0.5, 0.6) is 11.5 Å². The third-order valence-electron chi connectivity index (χ3n) is 3.28. The average molecular weight is 321 g/mol. The molecule has 0 saturated carbocycles. The second kappa shape index (κ2) is 11.6. The maximum atomic E-state index is 5.68. The molecule has 0 aliphatic rings. The topological polar surface area (TPSA) is 54.9 Å². The number of nitrogens with zero attached hydrogens (tertiary/aromatic N) is 1. The molecule has 0 amide bonds. The van der Waals surface area contributed by atoms with Crippen molar-refractivity contribution in [3.8, 4) is 11.5 Å². The lowest BCUT2D eigenvalue weighted by molar-refractivity contribution is 0.294. The van der Waals surface area contributed by atoms with Crippen molar-refractivity contribution in [1.82, 2.24) is 10.6 Å². The van der Waals surface area contributed by atoms with Gasteiger partial charge in [0.2, 0.25) is 0 Å². The van der Waals surface area contributed by atoms with Gasteiger partial charge in [-0.2, -0.15) is 0 Å². The van der Waals surface area contributed by atoms with Crippen LogP contribution in [0.4, 0.5) is 0 Å². The largest absolute Gasteiger partial charge is 0.493 e. The van der Waals surface area contributed by atoms with E-state index in [0.717, 1.165) is 49.0 Å². The molecule has 0 bridgehead atoms. The predicted octanol–water partition coefficient (Wildman–Crippen LogP) is 3.34. The Hall–Kier alpha value is -1.91. The van der Waals surface area contributed by atoms with E-state index in [1.54, 1.807) is 7.11 Å². The van der Waals surface area contributed by atoms with Gasteiger partial charge in [-0.05, 0) is 37.5 Å². The monoisotopic (exact) mass is 321 g/mol. The van der Waals surface area contributed by atoms with Crippen molar-refractivity contribution >= 4 is 5.96 Å². The zero-order valence-electron chi connectivity index (χ0n) is 14.9. The molecule has 0 fully saturated rings. The van der Waals surface area contributed by atoms with E-state index in [4.69, 9.17) is 9.47 Å². The molecule has 1 aromatic rings. The Morgan fingerprint density at radius 3 is 2.57 bits per heavy atom. The summed E-state index contributed by atoms with van der Waals surface area (Å²) in [7, 11) is 1.66. The van der Waals surface area contributed by atoms with Gasteiger partial charge in [0, 0.05) is 13.1 Å². The number of ether oxygens (including phenoxy) is 2. The average Bonchev–Trinajstić information content (AvgIpc) is 2.58. The molecule has 5 heteroatoms. The number of guanidine groups is 1. The molecule has 0 atom stereocenters. The molecular formula is C18H31N3O2. The first kappa shape index (κ1) is 19.1. The molecule has 0 spiro atoms. The van der Waals surface area contributed by atoms with Crippen molar-refractivity contribution in [3.63, 3.8) is 0 Å². The van der Waals surface area contributed by atoms with Gasteiger partial charge < -0.3 is 20.1 Å². The molecule has 0 aliphatic carbocycles. The first-order valence-electron chi connectivity index (χ1n) is 8.57. The van der Waals surface area contributed by atoms with Gasteiger partial charge >= 0.3 is 0 Å². The Morgan fingerprint density at radius 2 is 1.91 bits per heavy atom. The first-order valence-corrected chi connectivity index (χ1v) is 8.57. The van der Waals surface area contributed by atoms with Gasteiger partial charge in [-0.3, -0.25) is 0 Å². The summed E-state index contributed by atoms with van der Waals surface area (Å²) < 4.78 is 11.1. The van der Waals surface area contributed by atoms with E-state index >= 15 is 0 Å². The van der Waals surface area contributed by atoms with Gasteiger partial charge in [0.1, 0.15) is 0 Å². The van der Waals surface area contributed by atoms with E-state index in [0.29, 0.717) is 13.2 Å². The van der Waals surface area contributed by atoms with Crippen molar-refractivity contribution in [3.05, 3.63) is 23.8 Å². The van der Waals surface area contributed by atoms with E-state index < -0.39 is 0 Å². The molecule has 0 heterocycles. The number of nitrogens with one attached hydrogen (secondary N) is 2. The summed E-state index contributed by atoms with van der Waals surface area (Å²) in [6.07, 6.45) is 3.29. The van der Waals surface area contributed by atoms with Crippen LogP contribution in [0.1, 0.15) is 45.6 Å². The van der Waals surface area contributed by atoms with E-state index in [1.165, 1.54) is 6.42 Å². The molecule has 130 valence electrons. The summed E-state index contributed by atoms with van der Waals surface area (Å²) >= 11 is 0. The lowest BCUT2D eigenvalue weighted by atomic mass is 10.2. The van der Waals surface area contributed by atoms with Crippen LogP contribution in [0.3, 0.4) is 0 Å². The van der Waals surface area contributed by atoms with Crippen molar-refractivity contribution in [1.29, 1.82) is 0 Å². The molecule has 1 rings (SSSR count). The van der Waals surface area contributed by atoms with Crippen LogP contribution in [0.2, 0.25) is 0 Å². The van der Waals surface area contributed by atoms with Crippen LogP contribution in [-0.4, -0.2) is 32.8 Å². The minimum atomic E-state index is 0.603. The number of unbranched alkanes of at least 4 members (excludes halogenated alkanes) is 1. The minimum Gasteiger partial charge on any atom is -0.493 e. The van der Waals surface area contributed by atoms with Crippen LogP contribution >= 0.6 is 0 Å². The van der Waals surface area contributed by atoms with Crippen molar-refractivity contribution in [2.75, 3.05) is 26.8 Å². The maximum Gasteiger partial charge on any atom is 0.191 e. The van der Waals surface area contributed by atoms with Gasteiger partial charge in [0.05, 0.1) is 20.3 Å². The van der Waals surface area contributed by atoms with Gasteiger partial charge in [-0.15, -0.1) is 0 Å². The van der Waals surface area contributed by atoms with Crippen LogP contribution in [0.15, 0.2) is 23.2 Å². The van der Waals surface area contributed by atoms with E-state index in [9.17, 15) is 0 Å². The highest BCUT2D eigenvalue weighted by Crippen LogP contribution is 2.28. The van der Waals surface area contributed by atoms with Crippen LogP contribution < -0.4 is 20.1 Å². The summed E-state index contributed by atoms with van der Waals surface area (Å²) in [4.78, 5) is 4.62. The Bertz CT molecular complexity index is 475. The number of methoxy groups -OCH3 is 1. The van der Waals surface area contributed by atoms with E-state index in [1.807, 2.05) is 18.2 Å².